The van der Waals surface area contributed by atoms with Gasteiger partial charge in [0.1, 0.15) is 5.82 Å². The molecule has 0 saturated heterocycles. The van der Waals surface area contributed by atoms with Crippen LogP contribution in [0.2, 0.25) is 0 Å². The van der Waals surface area contributed by atoms with Gasteiger partial charge in [-0.2, -0.15) is 0 Å². The molecule has 0 atom stereocenters. The molecule has 0 aliphatic carbocycles. The summed E-state index contributed by atoms with van der Waals surface area (Å²) in [4.78, 5) is 21.4. The first-order valence-corrected chi connectivity index (χ1v) is 6.45. The van der Waals surface area contributed by atoms with Crippen molar-refractivity contribution in [2.75, 3.05) is 25.6 Å². The Labute approximate surface area is 120 Å². The zero-order valence-electron chi connectivity index (χ0n) is 10.6. The highest BCUT2D eigenvalue weighted by Crippen LogP contribution is 2.16. The number of non-ortho nitro benzene ring substituents is 1. The van der Waals surface area contributed by atoms with Gasteiger partial charge in [0, 0.05) is 25.1 Å². The van der Waals surface area contributed by atoms with Crippen molar-refractivity contribution in [3.8, 4) is 0 Å². The maximum Gasteiger partial charge on any atom is 0.272 e. The third-order valence-corrected chi connectivity index (χ3v) is 2.53. The molecule has 1 N–H and O–H groups in total. The monoisotopic (exact) mass is 304 g/mol. The Morgan fingerprint density at radius 3 is 2.80 bits per heavy atom. The molecule has 20 heavy (non-hydrogen) atoms. The molecule has 0 fully saturated rings. The summed E-state index contributed by atoms with van der Waals surface area (Å²) in [6, 6.07) is 2.90. The summed E-state index contributed by atoms with van der Waals surface area (Å²) < 4.78 is 18.6. The number of carbonyl (C=O) groups excluding carboxylic acids is 1. The first kappa shape index (κ1) is 16.3. The van der Waals surface area contributed by atoms with E-state index in [0.717, 1.165) is 18.2 Å². The van der Waals surface area contributed by atoms with Crippen LogP contribution in [0.4, 0.5) is 10.1 Å². The van der Waals surface area contributed by atoms with Gasteiger partial charge in [-0.25, -0.2) is 4.39 Å². The molecule has 0 bridgehead atoms. The maximum atomic E-state index is 13.5. The van der Waals surface area contributed by atoms with Crippen molar-refractivity contribution in [1.29, 1.82) is 0 Å². The predicted octanol–water partition coefficient (Wildman–Crippen LogP) is 2.11. The van der Waals surface area contributed by atoms with Crippen molar-refractivity contribution in [3.63, 3.8) is 0 Å². The smallest absolute Gasteiger partial charge is 0.272 e. The van der Waals surface area contributed by atoms with Crippen LogP contribution in [0.1, 0.15) is 16.8 Å². The molecule has 1 aromatic carbocycles. The summed E-state index contributed by atoms with van der Waals surface area (Å²) in [5.74, 6) is -1.13. The summed E-state index contributed by atoms with van der Waals surface area (Å²) in [5, 5.41) is 13.0. The van der Waals surface area contributed by atoms with Gasteiger partial charge in [0.25, 0.3) is 11.6 Å². The molecule has 0 aromatic heterocycles. The van der Waals surface area contributed by atoms with Gasteiger partial charge in [-0.15, -0.1) is 11.6 Å². The average molecular weight is 305 g/mol. The molecule has 0 heterocycles. The molecular weight excluding hydrogens is 291 g/mol. The molecule has 0 aliphatic heterocycles. The summed E-state index contributed by atoms with van der Waals surface area (Å²) in [5.41, 5.74) is -0.620. The Morgan fingerprint density at radius 2 is 2.20 bits per heavy atom. The van der Waals surface area contributed by atoms with Crippen LogP contribution in [0, 0.1) is 15.9 Å². The van der Waals surface area contributed by atoms with Crippen LogP contribution < -0.4 is 5.32 Å². The van der Waals surface area contributed by atoms with Gasteiger partial charge in [0.2, 0.25) is 0 Å². The Morgan fingerprint density at radius 1 is 1.45 bits per heavy atom. The van der Waals surface area contributed by atoms with E-state index in [1.54, 1.807) is 0 Å². The van der Waals surface area contributed by atoms with Gasteiger partial charge in [-0.3, -0.25) is 14.9 Å². The summed E-state index contributed by atoms with van der Waals surface area (Å²) in [6.45, 7) is 1.19. The van der Waals surface area contributed by atoms with Crippen LogP contribution >= 0.6 is 11.6 Å². The predicted molar refractivity (Wildman–Crippen MR) is 71.5 cm³/mol. The van der Waals surface area contributed by atoms with Crippen molar-refractivity contribution in [2.24, 2.45) is 0 Å². The quantitative estimate of drug-likeness (QED) is 0.345. The van der Waals surface area contributed by atoms with E-state index in [-0.39, 0.29) is 5.56 Å². The number of hydrogen-bond donors (Lipinski definition) is 1. The fourth-order valence-corrected chi connectivity index (χ4v) is 1.54. The zero-order valence-corrected chi connectivity index (χ0v) is 11.4. The molecule has 6 nitrogen and oxygen atoms in total. The van der Waals surface area contributed by atoms with Crippen molar-refractivity contribution < 1.29 is 18.8 Å². The third kappa shape index (κ3) is 5.10. The minimum atomic E-state index is -0.921. The number of carbonyl (C=O) groups is 1. The van der Waals surface area contributed by atoms with E-state index in [0.29, 0.717) is 32.1 Å². The van der Waals surface area contributed by atoms with Gasteiger partial charge < -0.3 is 10.1 Å². The van der Waals surface area contributed by atoms with Crippen LogP contribution in [0.3, 0.4) is 0 Å². The van der Waals surface area contributed by atoms with Gasteiger partial charge in [-0.05, 0) is 12.5 Å². The zero-order chi connectivity index (χ0) is 15.0. The molecule has 0 aliphatic rings. The van der Waals surface area contributed by atoms with Crippen molar-refractivity contribution in [1.82, 2.24) is 5.32 Å². The number of amides is 1. The van der Waals surface area contributed by atoms with Crippen LogP contribution in [0.15, 0.2) is 18.2 Å². The highest BCUT2D eigenvalue weighted by Gasteiger charge is 2.15. The molecule has 0 radical (unpaired) electrons. The Kier molecular flexibility index (Phi) is 6.89. The Balaban J connectivity index is 2.45. The average Bonchev–Trinajstić information content (AvgIpc) is 2.42. The van der Waals surface area contributed by atoms with Crippen LogP contribution in [-0.2, 0) is 4.74 Å². The largest absolute Gasteiger partial charge is 0.380 e. The number of rotatable bonds is 8. The fourth-order valence-electron chi connectivity index (χ4n) is 1.43. The molecular formula is C12H14ClFN2O4. The van der Waals surface area contributed by atoms with Crippen LogP contribution in [-0.4, -0.2) is 36.5 Å². The van der Waals surface area contributed by atoms with Crippen molar-refractivity contribution in [3.05, 3.63) is 39.7 Å². The van der Waals surface area contributed by atoms with E-state index in [1.807, 2.05) is 0 Å². The fraction of sp³-hybridized carbons (Fsp3) is 0.417. The van der Waals surface area contributed by atoms with Crippen LogP contribution in [0.25, 0.3) is 0 Å². The molecule has 1 aromatic rings. The normalized spacial score (nSPS) is 10.3. The highest BCUT2D eigenvalue weighted by molar-refractivity contribution is 6.17. The number of nitrogens with one attached hydrogen (secondary N) is 1. The number of hydrogen-bond acceptors (Lipinski definition) is 4. The second-order valence-corrected chi connectivity index (χ2v) is 4.21. The second kappa shape index (κ2) is 8.44. The van der Waals surface area contributed by atoms with Gasteiger partial charge in [0.15, 0.2) is 0 Å². The van der Waals surface area contributed by atoms with E-state index in [1.165, 1.54) is 0 Å². The number of halogens is 2. The first-order valence-electron chi connectivity index (χ1n) is 5.92. The van der Waals surface area contributed by atoms with E-state index in [2.05, 4.69) is 5.32 Å². The molecule has 0 spiro atoms. The molecule has 1 amide bonds. The van der Waals surface area contributed by atoms with Gasteiger partial charge in [-0.1, -0.05) is 0 Å². The molecule has 8 heteroatoms. The molecule has 0 unspecified atom stereocenters. The van der Waals surface area contributed by atoms with Crippen LogP contribution in [0.5, 0.6) is 0 Å². The van der Waals surface area contributed by atoms with Crippen molar-refractivity contribution in [2.45, 2.75) is 6.42 Å². The molecule has 110 valence electrons. The standard InChI is InChI=1S/C12H14ClFN2O4/c13-4-7-20-6-1-5-15-12(17)10-3-2-9(16(18)19)8-11(10)14/h2-3,8H,1,4-7H2,(H,15,17). The number of alkyl halides is 1. The number of nitro benzene ring substituents is 1. The minimum Gasteiger partial charge on any atom is -0.380 e. The lowest BCUT2D eigenvalue weighted by Gasteiger charge is -2.06. The SMILES string of the molecule is O=C(NCCCOCCCl)c1ccc([N+](=O)[O-])cc1F. The van der Waals surface area contributed by atoms with Crippen molar-refractivity contribution >= 4 is 23.2 Å². The lowest BCUT2D eigenvalue weighted by atomic mass is 10.2. The Hall–Kier alpha value is -1.73. The first-order chi connectivity index (χ1) is 9.56. The minimum absolute atomic E-state index is 0.225. The molecule has 1 rings (SSSR count). The van der Waals surface area contributed by atoms with E-state index in [4.69, 9.17) is 16.3 Å². The number of ether oxygens (including phenoxy) is 1. The van der Waals surface area contributed by atoms with E-state index in [9.17, 15) is 19.3 Å². The topological polar surface area (TPSA) is 81.5 Å². The summed E-state index contributed by atoms with van der Waals surface area (Å²) in [7, 11) is 0. The third-order valence-electron chi connectivity index (χ3n) is 2.38. The lowest BCUT2D eigenvalue weighted by Crippen LogP contribution is -2.26. The van der Waals surface area contributed by atoms with E-state index < -0.39 is 22.3 Å². The number of benzene rings is 1. The number of nitrogens with zero attached hydrogens (tertiary/aromatic N) is 1. The summed E-state index contributed by atoms with van der Waals surface area (Å²) >= 11 is 5.41. The lowest BCUT2D eigenvalue weighted by molar-refractivity contribution is -0.385. The maximum absolute atomic E-state index is 13.5. The molecule has 0 saturated carbocycles. The summed E-state index contributed by atoms with van der Waals surface area (Å²) in [6.07, 6.45) is 0.567. The van der Waals surface area contributed by atoms with Gasteiger partial charge >= 0.3 is 0 Å². The van der Waals surface area contributed by atoms with E-state index >= 15 is 0 Å². The second-order valence-electron chi connectivity index (χ2n) is 3.83. The van der Waals surface area contributed by atoms with Gasteiger partial charge in [0.05, 0.1) is 23.2 Å². The highest BCUT2D eigenvalue weighted by atomic mass is 35.5. The Bertz CT molecular complexity index is 485. The number of nitro groups is 1.